The number of hydrogen-bond donors (Lipinski definition) is 1. The Balaban J connectivity index is 1.93. The molecule has 20 heavy (non-hydrogen) atoms. The van der Waals surface area contributed by atoms with Gasteiger partial charge in [-0.15, -0.1) is 0 Å². The second-order valence-electron chi connectivity index (χ2n) is 5.87. The average Bonchev–Trinajstić information content (AvgIpc) is 3.18. The quantitative estimate of drug-likeness (QED) is 0.749. The van der Waals surface area contributed by atoms with Gasteiger partial charge in [0.05, 0.1) is 17.3 Å². The number of halogens is 1. The molecule has 0 heterocycles. The van der Waals surface area contributed by atoms with E-state index in [1.54, 1.807) is 0 Å². The van der Waals surface area contributed by atoms with Gasteiger partial charge in [-0.1, -0.05) is 23.7 Å². The summed E-state index contributed by atoms with van der Waals surface area (Å²) in [6.07, 6.45) is 3.50. The van der Waals surface area contributed by atoms with Crippen LogP contribution in [0.4, 0.5) is 5.69 Å². The summed E-state index contributed by atoms with van der Waals surface area (Å²) >= 11 is 6.36. The molecule has 2 rings (SSSR count). The molecule has 1 aliphatic rings. The van der Waals surface area contributed by atoms with Crippen molar-refractivity contribution < 1.29 is 4.74 Å². The summed E-state index contributed by atoms with van der Waals surface area (Å²) in [7, 11) is 2.06. The molecule has 0 bridgehead atoms. The number of para-hydroxylation sites is 1. The van der Waals surface area contributed by atoms with Crippen molar-refractivity contribution >= 4 is 17.3 Å². The van der Waals surface area contributed by atoms with Crippen LogP contribution in [0.1, 0.15) is 25.3 Å². The van der Waals surface area contributed by atoms with E-state index in [0.717, 1.165) is 42.8 Å². The number of likely N-dealkylation sites (N-methyl/N-ethyl adjacent to an activating group) is 1. The van der Waals surface area contributed by atoms with Crippen LogP contribution in [0.3, 0.4) is 0 Å². The van der Waals surface area contributed by atoms with Crippen molar-refractivity contribution in [2.75, 3.05) is 31.7 Å². The summed E-state index contributed by atoms with van der Waals surface area (Å²) < 4.78 is 5.70. The average molecular weight is 297 g/mol. The lowest BCUT2D eigenvalue weighted by Gasteiger charge is -2.24. The lowest BCUT2D eigenvalue weighted by Crippen LogP contribution is -2.26. The van der Waals surface area contributed by atoms with Gasteiger partial charge in [0.15, 0.2) is 0 Å². The zero-order chi connectivity index (χ0) is 14.5. The molecule has 0 aliphatic heterocycles. The third-order valence-corrected chi connectivity index (χ3v) is 3.92. The Labute approximate surface area is 127 Å². The fourth-order valence-corrected chi connectivity index (χ4v) is 2.69. The number of anilines is 1. The molecule has 112 valence electrons. The van der Waals surface area contributed by atoms with Crippen molar-refractivity contribution in [3.8, 4) is 0 Å². The van der Waals surface area contributed by atoms with Gasteiger partial charge >= 0.3 is 0 Å². The molecular weight excluding hydrogens is 272 g/mol. The second-order valence-corrected chi connectivity index (χ2v) is 6.28. The maximum Gasteiger partial charge on any atom is 0.0642 e. The van der Waals surface area contributed by atoms with Crippen LogP contribution in [-0.4, -0.2) is 32.8 Å². The molecule has 1 saturated carbocycles. The van der Waals surface area contributed by atoms with Crippen LogP contribution in [-0.2, 0) is 11.2 Å². The van der Waals surface area contributed by atoms with E-state index in [0.29, 0.717) is 0 Å². The summed E-state index contributed by atoms with van der Waals surface area (Å²) in [6, 6.07) is 6.16. The molecule has 1 atom stereocenters. The predicted molar refractivity (Wildman–Crippen MR) is 85.6 cm³/mol. The number of rotatable bonds is 8. The van der Waals surface area contributed by atoms with E-state index in [2.05, 4.69) is 18.0 Å². The molecule has 0 spiro atoms. The maximum absolute atomic E-state index is 6.36. The Morgan fingerprint density at radius 3 is 2.85 bits per heavy atom. The first-order chi connectivity index (χ1) is 9.58. The number of ether oxygens (including phenoxy) is 1. The molecule has 1 unspecified atom stereocenters. The lowest BCUT2D eigenvalue weighted by atomic mass is 10.0. The minimum Gasteiger partial charge on any atom is -0.379 e. The minimum absolute atomic E-state index is 0.131. The standard InChI is InChI=1S/C16H25ClN2O/c1-12(18)10-14-4-3-5-15(17)16(14)19(2)8-9-20-11-13-6-7-13/h3-5,12-13H,6-11,18H2,1-2H3. The molecule has 0 saturated heterocycles. The van der Waals surface area contributed by atoms with Gasteiger partial charge in [0.2, 0.25) is 0 Å². The molecule has 1 fully saturated rings. The zero-order valence-corrected chi connectivity index (χ0v) is 13.2. The Kier molecular flexibility index (Phi) is 5.70. The minimum atomic E-state index is 0.131. The van der Waals surface area contributed by atoms with Gasteiger partial charge in [0.25, 0.3) is 0 Å². The summed E-state index contributed by atoms with van der Waals surface area (Å²) in [4.78, 5) is 2.17. The molecule has 1 aliphatic carbocycles. The molecular formula is C16H25ClN2O. The van der Waals surface area contributed by atoms with Crippen LogP contribution in [0.2, 0.25) is 5.02 Å². The van der Waals surface area contributed by atoms with Crippen LogP contribution >= 0.6 is 11.6 Å². The van der Waals surface area contributed by atoms with Crippen molar-refractivity contribution in [2.24, 2.45) is 11.7 Å². The monoisotopic (exact) mass is 296 g/mol. The Hall–Kier alpha value is -0.770. The first kappa shape index (κ1) is 15.6. The van der Waals surface area contributed by atoms with Crippen LogP contribution in [0.15, 0.2) is 18.2 Å². The molecule has 4 heteroatoms. The molecule has 3 nitrogen and oxygen atoms in total. The fourth-order valence-electron chi connectivity index (χ4n) is 2.35. The number of hydrogen-bond acceptors (Lipinski definition) is 3. The van der Waals surface area contributed by atoms with E-state index >= 15 is 0 Å². The van der Waals surface area contributed by atoms with E-state index in [4.69, 9.17) is 22.1 Å². The molecule has 1 aromatic carbocycles. The highest BCUT2D eigenvalue weighted by molar-refractivity contribution is 6.33. The first-order valence-corrected chi connectivity index (χ1v) is 7.77. The summed E-state index contributed by atoms with van der Waals surface area (Å²) in [5.41, 5.74) is 8.21. The van der Waals surface area contributed by atoms with Crippen LogP contribution in [0.25, 0.3) is 0 Å². The third kappa shape index (κ3) is 4.65. The molecule has 0 radical (unpaired) electrons. The van der Waals surface area contributed by atoms with Crippen molar-refractivity contribution in [2.45, 2.75) is 32.2 Å². The molecule has 2 N–H and O–H groups in total. The van der Waals surface area contributed by atoms with Gasteiger partial charge in [-0.2, -0.15) is 0 Å². The highest BCUT2D eigenvalue weighted by Gasteiger charge is 2.21. The first-order valence-electron chi connectivity index (χ1n) is 7.39. The van der Waals surface area contributed by atoms with Gasteiger partial charge < -0.3 is 15.4 Å². The van der Waals surface area contributed by atoms with Gasteiger partial charge in [0.1, 0.15) is 0 Å². The summed E-state index contributed by atoms with van der Waals surface area (Å²) in [5.74, 6) is 0.814. The van der Waals surface area contributed by atoms with Gasteiger partial charge in [-0.3, -0.25) is 0 Å². The maximum atomic E-state index is 6.36. The van der Waals surface area contributed by atoms with Crippen LogP contribution in [0, 0.1) is 5.92 Å². The highest BCUT2D eigenvalue weighted by Crippen LogP contribution is 2.30. The fraction of sp³-hybridized carbons (Fsp3) is 0.625. The molecule has 0 aromatic heterocycles. The predicted octanol–water partition coefficient (Wildman–Crippen LogP) is 3.09. The van der Waals surface area contributed by atoms with Crippen LogP contribution in [0.5, 0.6) is 0 Å². The van der Waals surface area contributed by atoms with E-state index in [-0.39, 0.29) is 6.04 Å². The Bertz CT molecular complexity index is 432. The van der Waals surface area contributed by atoms with E-state index in [1.165, 1.54) is 18.4 Å². The van der Waals surface area contributed by atoms with Crippen molar-refractivity contribution in [3.63, 3.8) is 0 Å². The third-order valence-electron chi connectivity index (χ3n) is 3.62. The molecule has 1 aromatic rings. The van der Waals surface area contributed by atoms with Gasteiger partial charge in [-0.25, -0.2) is 0 Å². The number of benzene rings is 1. The van der Waals surface area contributed by atoms with E-state index < -0.39 is 0 Å². The van der Waals surface area contributed by atoms with Crippen molar-refractivity contribution in [3.05, 3.63) is 28.8 Å². The van der Waals surface area contributed by atoms with Crippen molar-refractivity contribution in [1.82, 2.24) is 0 Å². The smallest absolute Gasteiger partial charge is 0.0642 e. The van der Waals surface area contributed by atoms with Crippen LogP contribution < -0.4 is 10.6 Å². The highest BCUT2D eigenvalue weighted by atomic mass is 35.5. The van der Waals surface area contributed by atoms with E-state index in [9.17, 15) is 0 Å². The zero-order valence-electron chi connectivity index (χ0n) is 12.4. The topological polar surface area (TPSA) is 38.5 Å². The van der Waals surface area contributed by atoms with Crippen molar-refractivity contribution in [1.29, 1.82) is 0 Å². The van der Waals surface area contributed by atoms with Gasteiger partial charge in [0, 0.05) is 26.2 Å². The number of nitrogens with two attached hydrogens (primary N) is 1. The van der Waals surface area contributed by atoms with E-state index in [1.807, 2.05) is 19.1 Å². The lowest BCUT2D eigenvalue weighted by molar-refractivity contribution is 0.131. The Morgan fingerprint density at radius 2 is 2.20 bits per heavy atom. The molecule has 0 amide bonds. The normalized spacial score (nSPS) is 16.2. The number of nitrogens with zero attached hydrogens (tertiary/aromatic N) is 1. The summed E-state index contributed by atoms with van der Waals surface area (Å²) in [6.45, 7) is 4.52. The largest absolute Gasteiger partial charge is 0.379 e. The van der Waals surface area contributed by atoms with Gasteiger partial charge in [-0.05, 0) is 43.7 Å². The summed E-state index contributed by atoms with van der Waals surface area (Å²) in [5, 5.41) is 0.785. The second kappa shape index (κ2) is 7.30. The SMILES string of the molecule is CC(N)Cc1cccc(Cl)c1N(C)CCOCC1CC1. The Morgan fingerprint density at radius 1 is 1.45 bits per heavy atom.